The number of nitrogens with one attached hydrogen (secondary N) is 1. The molecule has 0 heterocycles. The summed E-state index contributed by atoms with van der Waals surface area (Å²) < 4.78 is 0. The van der Waals surface area contributed by atoms with E-state index in [4.69, 9.17) is 5.11 Å². The van der Waals surface area contributed by atoms with Crippen LogP contribution in [0.2, 0.25) is 0 Å². The summed E-state index contributed by atoms with van der Waals surface area (Å²) in [5.41, 5.74) is -0.977. The fourth-order valence-corrected chi connectivity index (χ4v) is 1.11. The lowest BCUT2D eigenvalue weighted by molar-refractivity contribution is -0.146. The van der Waals surface area contributed by atoms with E-state index in [0.717, 1.165) is 0 Å². The molecule has 0 atom stereocenters. The quantitative estimate of drug-likeness (QED) is 0.695. The molecule has 0 fully saturated rings. The summed E-state index contributed by atoms with van der Waals surface area (Å²) in [4.78, 5) is 35.0. The van der Waals surface area contributed by atoms with Crippen molar-refractivity contribution in [2.24, 2.45) is 5.41 Å². The van der Waals surface area contributed by atoms with Crippen LogP contribution in [0.1, 0.15) is 33.1 Å². The van der Waals surface area contributed by atoms with Gasteiger partial charge in [0.05, 0.1) is 5.41 Å². The van der Waals surface area contributed by atoms with Crippen LogP contribution in [0.3, 0.4) is 0 Å². The van der Waals surface area contributed by atoms with Gasteiger partial charge in [0.15, 0.2) is 0 Å². The lowest BCUT2D eigenvalue weighted by Gasteiger charge is -2.19. The molecule has 2 amide bonds. The van der Waals surface area contributed by atoms with Crippen LogP contribution >= 0.6 is 0 Å². The second-order valence-corrected chi connectivity index (χ2v) is 5.11. The fourth-order valence-electron chi connectivity index (χ4n) is 1.11. The smallest absolute Gasteiger partial charge is 0.310 e. The number of rotatable bonds is 7. The van der Waals surface area contributed by atoms with Crippen LogP contribution in [0.5, 0.6) is 0 Å². The molecule has 0 rings (SSSR count). The van der Waals surface area contributed by atoms with Gasteiger partial charge in [-0.3, -0.25) is 14.4 Å². The van der Waals surface area contributed by atoms with Gasteiger partial charge in [0.1, 0.15) is 0 Å². The van der Waals surface area contributed by atoms with Crippen LogP contribution in [-0.2, 0) is 14.4 Å². The summed E-state index contributed by atoms with van der Waals surface area (Å²) in [6.45, 7) is 3.18. The number of aliphatic carboxylic acids is 1. The van der Waals surface area contributed by atoms with E-state index in [9.17, 15) is 14.4 Å². The lowest BCUT2D eigenvalue weighted by atomic mass is 9.94. The number of hydrogen-bond acceptors (Lipinski definition) is 3. The first-order valence-corrected chi connectivity index (χ1v) is 5.87. The van der Waals surface area contributed by atoms with Crippen LogP contribution in [0.15, 0.2) is 0 Å². The van der Waals surface area contributed by atoms with Gasteiger partial charge in [0, 0.05) is 33.5 Å². The highest BCUT2D eigenvalue weighted by molar-refractivity contribution is 5.80. The average molecular weight is 258 g/mol. The Kier molecular flexibility index (Phi) is 6.36. The maximum Gasteiger partial charge on any atom is 0.310 e. The Labute approximate surface area is 107 Å². The normalized spacial score (nSPS) is 10.9. The summed E-state index contributed by atoms with van der Waals surface area (Å²) >= 11 is 0. The zero-order valence-electron chi connectivity index (χ0n) is 11.4. The molecule has 0 aromatic rings. The number of hydrogen-bond donors (Lipinski definition) is 2. The Balaban J connectivity index is 3.87. The van der Waals surface area contributed by atoms with Crippen molar-refractivity contribution >= 4 is 17.8 Å². The first kappa shape index (κ1) is 16.4. The molecule has 2 N–H and O–H groups in total. The number of nitrogens with zero attached hydrogens (tertiary/aromatic N) is 1. The largest absolute Gasteiger partial charge is 0.481 e. The third-order valence-corrected chi connectivity index (χ3v) is 2.60. The number of carboxylic acids is 1. The van der Waals surface area contributed by atoms with Crippen molar-refractivity contribution in [3.63, 3.8) is 0 Å². The second-order valence-electron chi connectivity index (χ2n) is 5.11. The molecule has 0 unspecified atom stereocenters. The molecule has 0 bridgehead atoms. The molecule has 0 aliphatic carbocycles. The monoisotopic (exact) mass is 258 g/mol. The van der Waals surface area contributed by atoms with Gasteiger partial charge in [0.25, 0.3) is 0 Å². The minimum atomic E-state index is -0.977. The van der Waals surface area contributed by atoms with Gasteiger partial charge in [-0.15, -0.1) is 0 Å². The minimum Gasteiger partial charge on any atom is -0.481 e. The molecule has 0 saturated heterocycles. The van der Waals surface area contributed by atoms with Crippen molar-refractivity contribution in [2.75, 3.05) is 20.6 Å². The van der Waals surface area contributed by atoms with Crippen molar-refractivity contribution in [1.29, 1.82) is 0 Å². The highest BCUT2D eigenvalue weighted by atomic mass is 16.4. The average Bonchev–Trinajstić information content (AvgIpc) is 2.26. The number of carbonyl (C=O) groups excluding carboxylic acids is 2. The first-order valence-electron chi connectivity index (χ1n) is 5.87. The standard InChI is InChI=1S/C12H22N2O4/c1-12(2,11(17)18)8-13-9(15)6-5-7-10(16)14(3)4/h5-8H2,1-4H3,(H,13,15)(H,17,18). The molecular weight excluding hydrogens is 236 g/mol. The van der Waals surface area contributed by atoms with Crippen LogP contribution in [0.25, 0.3) is 0 Å². The Bertz CT molecular complexity index is 324. The molecular formula is C12H22N2O4. The van der Waals surface area contributed by atoms with Crippen LogP contribution in [0.4, 0.5) is 0 Å². The van der Waals surface area contributed by atoms with Gasteiger partial charge in [-0.1, -0.05) is 0 Å². The van der Waals surface area contributed by atoms with E-state index in [-0.39, 0.29) is 24.8 Å². The van der Waals surface area contributed by atoms with Crippen LogP contribution < -0.4 is 5.32 Å². The number of carboxylic acid groups (broad SMARTS) is 1. The molecule has 18 heavy (non-hydrogen) atoms. The zero-order valence-corrected chi connectivity index (χ0v) is 11.4. The predicted octanol–water partition coefficient (Wildman–Crippen LogP) is 0.472. The molecule has 0 saturated carbocycles. The Morgan fingerprint density at radius 2 is 1.72 bits per heavy atom. The molecule has 0 aromatic carbocycles. The number of amides is 2. The summed E-state index contributed by atoms with van der Waals surface area (Å²) in [6, 6.07) is 0. The molecule has 0 aromatic heterocycles. The van der Waals surface area contributed by atoms with Crippen molar-refractivity contribution in [3.05, 3.63) is 0 Å². The highest BCUT2D eigenvalue weighted by Gasteiger charge is 2.27. The molecule has 104 valence electrons. The SMILES string of the molecule is CN(C)C(=O)CCCC(=O)NCC(C)(C)C(=O)O. The summed E-state index contributed by atoms with van der Waals surface area (Å²) in [7, 11) is 3.33. The predicted molar refractivity (Wildman–Crippen MR) is 67.0 cm³/mol. The maximum atomic E-state index is 11.4. The third-order valence-electron chi connectivity index (χ3n) is 2.60. The first-order chi connectivity index (χ1) is 8.16. The van der Waals surface area contributed by atoms with Gasteiger partial charge in [-0.05, 0) is 20.3 Å². The molecule has 6 nitrogen and oxygen atoms in total. The van der Waals surface area contributed by atoms with E-state index in [1.54, 1.807) is 27.9 Å². The van der Waals surface area contributed by atoms with E-state index < -0.39 is 11.4 Å². The molecule has 6 heteroatoms. The second kappa shape index (κ2) is 6.98. The van der Waals surface area contributed by atoms with Crippen molar-refractivity contribution < 1.29 is 19.5 Å². The van der Waals surface area contributed by atoms with Crippen molar-refractivity contribution in [1.82, 2.24) is 10.2 Å². The topological polar surface area (TPSA) is 86.7 Å². The summed E-state index contributed by atoms with van der Waals surface area (Å²) in [5.74, 6) is -1.20. The van der Waals surface area contributed by atoms with Gasteiger partial charge >= 0.3 is 5.97 Å². The van der Waals surface area contributed by atoms with Crippen LogP contribution in [0, 0.1) is 5.41 Å². The Hall–Kier alpha value is -1.59. The van der Waals surface area contributed by atoms with Crippen LogP contribution in [-0.4, -0.2) is 48.4 Å². The van der Waals surface area contributed by atoms with E-state index in [1.807, 2.05) is 0 Å². The Morgan fingerprint density at radius 1 is 1.17 bits per heavy atom. The van der Waals surface area contributed by atoms with Gasteiger partial charge < -0.3 is 15.3 Å². The van der Waals surface area contributed by atoms with Gasteiger partial charge in [0.2, 0.25) is 11.8 Å². The number of carbonyl (C=O) groups is 3. The summed E-state index contributed by atoms with van der Waals surface area (Å²) in [6.07, 6.45) is 1.02. The molecule has 0 spiro atoms. The molecule has 0 aliphatic heterocycles. The third kappa shape index (κ3) is 6.22. The highest BCUT2D eigenvalue weighted by Crippen LogP contribution is 2.13. The lowest BCUT2D eigenvalue weighted by Crippen LogP contribution is -2.38. The minimum absolute atomic E-state index is 0.0198. The zero-order chi connectivity index (χ0) is 14.3. The van der Waals surface area contributed by atoms with E-state index >= 15 is 0 Å². The molecule has 0 aliphatic rings. The van der Waals surface area contributed by atoms with E-state index in [2.05, 4.69) is 5.32 Å². The van der Waals surface area contributed by atoms with Crippen molar-refractivity contribution in [3.8, 4) is 0 Å². The van der Waals surface area contributed by atoms with Gasteiger partial charge in [-0.2, -0.15) is 0 Å². The van der Waals surface area contributed by atoms with E-state index in [0.29, 0.717) is 12.8 Å². The van der Waals surface area contributed by atoms with Gasteiger partial charge in [-0.25, -0.2) is 0 Å². The van der Waals surface area contributed by atoms with Crippen molar-refractivity contribution in [2.45, 2.75) is 33.1 Å². The summed E-state index contributed by atoms with van der Waals surface area (Å²) in [5, 5.41) is 11.4. The van der Waals surface area contributed by atoms with E-state index in [1.165, 1.54) is 4.90 Å². The maximum absolute atomic E-state index is 11.4. The fraction of sp³-hybridized carbons (Fsp3) is 0.750. The molecule has 0 radical (unpaired) electrons. The Morgan fingerprint density at radius 3 is 2.17 bits per heavy atom.